The lowest BCUT2D eigenvalue weighted by Crippen LogP contribution is -1.60. The van der Waals surface area contributed by atoms with Crippen molar-refractivity contribution in [2.45, 2.75) is 0 Å². The molecule has 0 atom stereocenters. The first-order valence-corrected chi connectivity index (χ1v) is 4.16. The topological polar surface area (TPSA) is 0 Å². The third kappa shape index (κ3) is 0.825. The van der Waals surface area contributed by atoms with Crippen molar-refractivity contribution in [2.24, 2.45) is 0 Å². The maximum Gasteiger partial charge on any atom is 0.0591 e. The highest BCUT2D eigenvalue weighted by Crippen LogP contribution is 2.28. The summed E-state index contributed by atoms with van der Waals surface area (Å²) >= 11 is 7.52. The van der Waals surface area contributed by atoms with Crippen LogP contribution in [0.4, 0.5) is 0 Å². The molecule has 0 spiro atoms. The predicted octanol–water partition coefficient (Wildman–Crippen LogP) is 3.35. The zero-order valence-corrected chi connectivity index (χ0v) is 6.67. The minimum atomic E-state index is 0.830. The molecule has 2 rings (SSSR count). The minimum Gasteiger partial charge on any atom is -0.142 e. The van der Waals surface area contributed by atoms with Crippen LogP contribution in [0.15, 0.2) is 23.6 Å². The van der Waals surface area contributed by atoms with E-state index in [4.69, 9.17) is 11.6 Å². The van der Waals surface area contributed by atoms with Crippen LogP contribution in [0.25, 0.3) is 10.1 Å². The summed E-state index contributed by atoms with van der Waals surface area (Å²) in [5.74, 6) is 0. The predicted molar refractivity (Wildman–Crippen MR) is 45.7 cm³/mol. The Bertz CT molecular complexity index is 351. The molecule has 0 aliphatic heterocycles. The molecule has 0 saturated carbocycles. The molecule has 0 fully saturated rings. The molecular formula is C8H4ClS. The van der Waals surface area contributed by atoms with Gasteiger partial charge in [0, 0.05) is 15.5 Å². The van der Waals surface area contributed by atoms with E-state index in [1.165, 1.54) is 4.70 Å². The summed E-state index contributed by atoms with van der Waals surface area (Å²) in [6.07, 6.45) is 0. The standard InChI is InChI=1S/C8H4ClS/c9-7-5-10-8-4-2-1-3-6(7)8/h2-5H. The highest BCUT2D eigenvalue weighted by molar-refractivity contribution is 7.17. The molecule has 1 heterocycles. The highest BCUT2D eigenvalue weighted by Gasteiger charge is 1.97. The number of thiophene rings is 1. The van der Waals surface area contributed by atoms with E-state index < -0.39 is 0 Å². The Morgan fingerprint density at radius 3 is 3.20 bits per heavy atom. The molecule has 0 bridgehead atoms. The molecule has 0 aliphatic rings. The van der Waals surface area contributed by atoms with Crippen molar-refractivity contribution >= 4 is 33.0 Å². The van der Waals surface area contributed by atoms with Gasteiger partial charge in [-0.15, -0.1) is 11.3 Å². The van der Waals surface area contributed by atoms with E-state index in [0.717, 1.165) is 10.4 Å². The van der Waals surface area contributed by atoms with Gasteiger partial charge in [-0.1, -0.05) is 17.7 Å². The van der Waals surface area contributed by atoms with Crippen LogP contribution in [-0.2, 0) is 0 Å². The van der Waals surface area contributed by atoms with Gasteiger partial charge in [-0.3, -0.25) is 0 Å². The maximum atomic E-state index is 5.86. The SMILES string of the molecule is Clc1csc2cc[c]cc12. The van der Waals surface area contributed by atoms with Gasteiger partial charge in [0.05, 0.1) is 5.02 Å². The van der Waals surface area contributed by atoms with E-state index in [9.17, 15) is 0 Å². The van der Waals surface area contributed by atoms with Gasteiger partial charge in [-0.2, -0.15) is 0 Å². The van der Waals surface area contributed by atoms with Gasteiger partial charge in [0.1, 0.15) is 0 Å². The van der Waals surface area contributed by atoms with E-state index in [0.29, 0.717) is 0 Å². The summed E-state index contributed by atoms with van der Waals surface area (Å²) < 4.78 is 1.23. The van der Waals surface area contributed by atoms with Gasteiger partial charge < -0.3 is 0 Å². The molecule has 10 heavy (non-hydrogen) atoms. The summed E-state index contributed by atoms with van der Waals surface area (Å²) in [4.78, 5) is 0. The Labute approximate surface area is 68.1 Å². The Kier molecular flexibility index (Phi) is 1.40. The molecular weight excluding hydrogens is 164 g/mol. The van der Waals surface area contributed by atoms with Crippen molar-refractivity contribution < 1.29 is 0 Å². The van der Waals surface area contributed by atoms with Crippen LogP contribution in [0, 0.1) is 6.07 Å². The van der Waals surface area contributed by atoms with Crippen molar-refractivity contribution in [2.75, 3.05) is 0 Å². The smallest absolute Gasteiger partial charge is 0.0591 e. The second kappa shape index (κ2) is 2.26. The van der Waals surface area contributed by atoms with E-state index in [2.05, 4.69) is 6.07 Å². The van der Waals surface area contributed by atoms with Gasteiger partial charge in [0.25, 0.3) is 0 Å². The molecule has 0 aliphatic carbocycles. The van der Waals surface area contributed by atoms with E-state index >= 15 is 0 Å². The normalized spacial score (nSPS) is 10.5. The number of rotatable bonds is 0. The van der Waals surface area contributed by atoms with Crippen molar-refractivity contribution in [3.05, 3.63) is 34.7 Å². The quantitative estimate of drug-likeness (QED) is 0.565. The van der Waals surface area contributed by atoms with Crippen LogP contribution >= 0.6 is 22.9 Å². The molecule has 0 amide bonds. The summed E-state index contributed by atoms with van der Waals surface area (Å²) in [6.45, 7) is 0. The number of halogens is 1. The maximum absolute atomic E-state index is 5.86. The van der Waals surface area contributed by atoms with Crippen molar-refractivity contribution in [3.63, 3.8) is 0 Å². The van der Waals surface area contributed by atoms with E-state index in [-0.39, 0.29) is 0 Å². The van der Waals surface area contributed by atoms with E-state index in [1.807, 2.05) is 23.6 Å². The number of hydrogen-bond acceptors (Lipinski definition) is 1. The average Bonchev–Trinajstić information content (AvgIpc) is 2.34. The van der Waals surface area contributed by atoms with Crippen LogP contribution in [0.1, 0.15) is 0 Å². The highest BCUT2D eigenvalue weighted by atomic mass is 35.5. The molecule has 2 aromatic rings. The Balaban J connectivity index is 2.93. The number of fused-ring (bicyclic) bond motifs is 1. The molecule has 0 nitrogen and oxygen atoms in total. The van der Waals surface area contributed by atoms with Crippen molar-refractivity contribution in [1.82, 2.24) is 0 Å². The minimum absolute atomic E-state index is 0.830. The number of benzene rings is 1. The molecule has 1 aromatic heterocycles. The fourth-order valence-electron chi connectivity index (χ4n) is 0.884. The molecule has 49 valence electrons. The lowest BCUT2D eigenvalue weighted by atomic mass is 10.3. The summed E-state index contributed by atoms with van der Waals surface area (Å²) in [5.41, 5.74) is 0. The zero-order chi connectivity index (χ0) is 6.97. The first-order chi connectivity index (χ1) is 4.88. The Hall–Kier alpha value is -0.530. The lowest BCUT2D eigenvalue weighted by Gasteiger charge is -1.84. The van der Waals surface area contributed by atoms with Gasteiger partial charge in [0.2, 0.25) is 0 Å². The third-order valence-electron chi connectivity index (χ3n) is 1.37. The van der Waals surface area contributed by atoms with Crippen molar-refractivity contribution in [1.29, 1.82) is 0 Å². The summed E-state index contributed by atoms with van der Waals surface area (Å²) in [6, 6.07) is 8.81. The lowest BCUT2D eigenvalue weighted by molar-refractivity contribution is 1.83. The summed E-state index contributed by atoms with van der Waals surface area (Å²) in [7, 11) is 0. The molecule has 2 heteroatoms. The number of hydrogen-bond donors (Lipinski definition) is 0. The Morgan fingerprint density at radius 2 is 2.40 bits per heavy atom. The van der Waals surface area contributed by atoms with Crippen LogP contribution in [0.3, 0.4) is 0 Å². The van der Waals surface area contributed by atoms with Crippen LogP contribution in [0.5, 0.6) is 0 Å². The summed E-state index contributed by atoms with van der Waals surface area (Å²) in [5, 5.41) is 3.88. The van der Waals surface area contributed by atoms with Crippen molar-refractivity contribution in [3.8, 4) is 0 Å². The molecule has 0 unspecified atom stereocenters. The monoisotopic (exact) mass is 167 g/mol. The molecule has 1 radical (unpaired) electrons. The van der Waals surface area contributed by atoms with Crippen LogP contribution in [-0.4, -0.2) is 0 Å². The van der Waals surface area contributed by atoms with Crippen LogP contribution < -0.4 is 0 Å². The molecule has 0 N–H and O–H groups in total. The first kappa shape index (κ1) is 6.20. The van der Waals surface area contributed by atoms with Gasteiger partial charge in [-0.05, 0) is 18.2 Å². The van der Waals surface area contributed by atoms with Gasteiger partial charge >= 0.3 is 0 Å². The zero-order valence-electron chi connectivity index (χ0n) is 5.10. The molecule has 0 saturated heterocycles. The molecule has 1 aromatic carbocycles. The average molecular weight is 168 g/mol. The van der Waals surface area contributed by atoms with Gasteiger partial charge in [-0.25, -0.2) is 0 Å². The van der Waals surface area contributed by atoms with E-state index in [1.54, 1.807) is 11.3 Å². The first-order valence-electron chi connectivity index (χ1n) is 2.91. The fraction of sp³-hybridized carbons (Fsp3) is 0. The largest absolute Gasteiger partial charge is 0.142 e. The second-order valence-electron chi connectivity index (χ2n) is 2.01. The van der Waals surface area contributed by atoms with Gasteiger partial charge in [0.15, 0.2) is 0 Å². The Morgan fingerprint density at radius 1 is 1.50 bits per heavy atom. The second-order valence-corrected chi connectivity index (χ2v) is 3.32. The van der Waals surface area contributed by atoms with Crippen LogP contribution in [0.2, 0.25) is 5.02 Å². The third-order valence-corrected chi connectivity index (χ3v) is 2.78. The fourth-order valence-corrected chi connectivity index (χ4v) is 2.03.